The second kappa shape index (κ2) is 8.36. The number of aromatic nitrogens is 3. The third kappa shape index (κ3) is 4.04. The van der Waals surface area contributed by atoms with Crippen molar-refractivity contribution < 1.29 is 14.2 Å². The van der Waals surface area contributed by atoms with E-state index in [-0.39, 0.29) is 0 Å². The van der Waals surface area contributed by atoms with Crippen LogP contribution in [0, 0.1) is 4.77 Å². The van der Waals surface area contributed by atoms with Crippen molar-refractivity contribution >= 4 is 34.4 Å². The number of H-pyrrole nitrogens is 1. The average Bonchev–Trinajstić information content (AvgIpc) is 3.06. The summed E-state index contributed by atoms with van der Waals surface area (Å²) in [5, 5.41) is 11.5. The lowest BCUT2D eigenvalue weighted by Crippen LogP contribution is -1.99. The van der Waals surface area contributed by atoms with Crippen molar-refractivity contribution in [3.63, 3.8) is 0 Å². The standard InChI is InChI=1S/C18H17BrN4O3S/c1-24-14-8-12(9-15(25-2)16(14)26-3)17-21-22-18(27)23(17)20-10-11-4-6-13(19)7-5-11/h4-10H,1-3H3,(H,22,27). The number of benzene rings is 2. The molecule has 1 aromatic heterocycles. The lowest BCUT2D eigenvalue weighted by molar-refractivity contribution is 0.324. The van der Waals surface area contributed by atoms with Gasteiger partial charge in [-0.1, -0.05) is 28.1 Å². The van der Waals surface area contributed by atoms with Gasteiger partial charge in [-0.15, -0.1) is 0 Å². The molecule has 2 aromatic carbocycles. The number of halogens is 1. The maximum Gasteiger partial charge on any atom is 0.216 e. The van der Waals surface area contributed by atoms with E-state index in [1.165, 1.54) is 4.68 Å². The van der Waals surface area contributed by atoms with E-state index in [9.17, 15) is 0 Å². The molecule has 7 nitrogen and oxygen atoms in total. The van der Waals surface area contributed by atoms with Crippen LogP contribution in [0.3, 0.4) is 0 Å². The second-order valence-corrected chi connectivity index (χ2v) is 6.68. The Hall–Kier alpha value is -2.65. The molecule has 0 amide bonds. The van der Waals surface area contributed by atoms with E-state index in [1.54, 1.807) is 39.7 Å². The summed E-state index contributed by atoms with van der Waals surface area (Å²) in [5.41, 5.74) is 1.64. The molecule has 0 saturated heterocycles. The lowest BCUT2D eigenvalue weighted by atomic mass is 10.1. The number of nitrogens with one attached hydrogen (secondary N) is 1. The molecule has 0 fully saturated rings. The Bertz CT molecular complexity index is 1000. The molecule has 140 valence electrons. The Labute approximate surface area is 169 Å². The van der Waals surface area contributed by atoms with Gasteiger partial charge < -0.3 is 14.2 Å². The number of ether oxygens (including phenoxy) is 3. The third-order valence-corrected chi connectivity index (χ3v) is 4.56. The number of hydrogen-bond acceptors (Lipinski definition) is 6. The Kier molecular flexibility index (Phi) is 5.92. The van der Waals surface area contributed by atoms with Crippen LogP contribution in [0.2, 0.25) is 0 Å². The number of rotatable bonds is 6. The molecule has 0 aliphatic carbocycles. The molecular formula is C18H17BrN4O3S. The summed E-state index contributed by atoms with van der Waals surface area (Å²) in [7, 11) is 4.67. The smallest absolute Gasteiger partial charge is 0.216 e. The monoisotopic (exact) mass is 448 g/mol. The van der Waals surface area contributed by atoms with Crippen LogP contribution in [0.1, 0.15) is 5.56 Å². The number of nitrogens with zero attached hydrogens (tertiary/aromatic N) is 3. The molecule has 0 radical (unpaired) electrons. The molecule has 3 aromatic rings. The number of aromatic amines is 1. The molecule has 27 heavy (non-hydrogen) atoms. The molecule has 1 N–H and O–H groups in total. The minimum atomic E-state index is 0.368. The lowest BCUT2D eigenvalue weighted by Gasteiger charge is -2.13. The van der Waals surface area contributed by atoms with Gasteiger partial charge in [0.2, 0.25) is 10.5 Å². The van der Waals surface area contributed by atoms with E-state index in [1.807, 2.05) is 24.3 Å². The van der Waals surface area contributed by atoms with E-state index < -0.39 is 0 Å². The van der Waals surface area contributed by atoms with Crippen molar-refractivity contribution in [1.82, 2.24) is 14.9 Å². The van der Waals surface area contributed by atoms with Gasteiger partial charge in [-0.2, -0.15) is 14.9 Å². The van der Waals surface area contributed by atoms with Gasteiger partial charge >= 0.3 is 0 Å². The summed E-state index contributed by atoms with van der Waals surface area (Å²) in [6.45, 7) is 0. The molecule has 0 saturated carbocycles. The highest BCUT2D eigenvalue weighted by atomic mass is 79.9. The largest absolute Gasteiger partial charge is 0.493 e. The van der Waals surface area contributed by atoms with Crippen molar-refractivity contribution in [2.75, 3.05) is 21.3 Å². The Morgan fingerprint density at radius 3 is 2.26 bits per heavy atom. The molecule has 0 unspecified atom stereocenters. The highest BCUT2D eigenvalue weighted by Crippen LogP contribution is 2.40. The number of hydrogen-bond donors (Lipinski definition) is 1. The Morgan fingerprint density at radius 1 is 1.07 bits per heavy atom. The van der Waals surface area contributed by atoms with Gasteiger partial charge in [0.05, 0.1) is 27.5 Å². The zero-order valence-electron chi connectivity index (χ0n) is 14.9. The predicted octanol–water partition coefficient (Wildman–Crippen LogP) is 4.28. The second-order valence-electron chi connectivity index (χ2n) is 5.37. The van der Waals surface area contributed by atoms with Crippen LogP contribution in [0.25, 0.3) is 11.4 Å². The topological polar surface area (TPSA) is 73.7 Å². The fraction of sp³-hybridized carbons (Fsp3) is 0.167. The molecule has 3 rings (SSSR count). The fourth-order valence-corrected chi connectivity index (χ4v) is 2.91. The van der Waals surface area contributed by atoms with Gasteiger partial charge in [-0.25, -0.2) is 5.10 Å². The first-order valence-electron chi connectivity index (χ1n) is 7.85. The molecule has 0 spiro atoms. The van der Waals surface area contributed by atoms with E-state index in [0.29, 0.717) is 33.4 Å². The van der Waals surface area contributed by atoms with Crippen molar-refractivity contribution in [2.45, 2.75) is 0 Å². The molecule has 9 heteroatoms. The maximum atomic E-state index is 5.41. The predicted molar refractivity (Wildman–Crippen MR) is 110 cm³/mol. The Morgan fingerprint density at radius 2 is 1.70 bits per heavy atom. The summed E-state index contributed by atoms with van der Waals surface area (Å²) in [4.78, 5) is 0. The zero-order chi connectivity index (χ0) is 19.4. The summed E-state index contributed by atoms with van der Waals surface area (Å²) < 4.78 is 19.1. The molecule has 0 aliphatic heterocycles. The zero-order valence-corrected chi connectivity index (χ0v) is 17.3. The quantitative estimate of drug-likeness (QED) is 0.449. The van der Waals surface area contributed by atoms with Gasteiger partial charge in [0.25, 0.3) is 0 Å². The van der Waals surface area contributed by atoms with E-state index in [2.05, 4.69) is 31.2 Å². The van der Waals surface area contributed by atoms with Crippen molar-refractivity contribution in [3.05, 3.63) is 51.2 Å². The van der Waals surface area contributed by atoms with E-state index in [0.717, 1.165) is 10.0 Å². The fourth-order valence-electron chi connectivity index (χ4n) is 2.47. The first-order valence-corrected chi connectivity index (χ1v) is 9.05. The minimum Gasteiger partial charge on any atom is -0.493 e. The van der Waals surface area contributed by atoms with Gasteiger partial charge in [0.15, 0.2) is 17.3 Å². The molecular weight excluding hydrogens is 432 g/mol. The van der Waals surface area contributed by atoms with Crippen LogP contribution in [0.15, 0.2) is 46.0 Å². The van der Waals surface area contributed by atoms with Gasteiger partial charge in [-0.3, -0.25) is 0 Å². The highest BCUT2D eigenvalue weighted by Gasteiger charge is 2.17. The molecule has 0 bridgehead atoms. The maximum absolute atomic E-state index is 5.41. The van der Waals surface area contributed by atoms with Crippen molar-refractivity contribution in [1.29, 1.82) is 0 Å². The molecule has 0 atom stereocenters. The van der Waals surface area contributed by atoms with E-state index in [4.69, 9.17) is 26.4 Å². The van der Waals surface area contributed by atoms with Crippen LogP contribution >= 0.6 is 28.1 Å². The summed E-state index contributed by atoms with van der Waals surface area (Å²) in [6.07, 6.45) is 1.71. The summed E-state index contributed by atoms with van der Waals surface area (Å²) >= 11 is 8.73. The van der Waals surface area contributed by atoms with Crippen LogP contribution in [0.4, 0.5) is 0 Å². The first-order chi connectivity index (χ1) is 13.1. The normalized spacial score (nSPS) is 11.0. The minimum absolute atomic E-state index is 0.368. The van der Waals surface area contributed by atoms with Crippen LogP contribution in [-0.2, 0) is 0 Å². The first kappa shape index (κ1) is 19.1. The SMILES string of the molecule is COc1cc(-c2n[nH]c(=S)n2N=Cc2ccc(Br)cc2)cc(OC)c1OC. The molecule has 1 heterocycles. The highest BCUT2D eigenvalue weighted by molar-refractivity contribution is 9.10. The Balaban J connectivity index is 2.06. The summed E-state index contributed by atoms with van der Waals surface area (Å²) in [5.74, 6) is 2.06. The van der Waals surface area contributed by atoms with Gasteiger partial charge in [0, 0.05) is 10.0 Å². The van der Waals surface area contributed by atoms with Crippen LogP contribution in [-0.4, -0.2) is 42.4 Å². The number of methoxy groups -OCH3 is 3. The third-order valence-electron chi connectivity index (χ3n) is 3.77. The molecule has 0 aliphatic rings. The average molecular weight is 449 g/mol. The van der Waals surface area contributed by atoms with Crippen LogP contribution in [0.5, 0.6) is 17.2 Å². The van der Waals surface area contributed by atoms with Gasteiger partial charge in [-0.05, 0) is 42.0 Å². The van der Waals surface area contributed by atoms with Crippen molar-refractivity contribution in [3.8, 4) is 28.6 Å². The van der Waals surface area contributed by atoms with E-state index >= 15 is 0 Å². The van der Waals surface area contributed by atoms with Crippen LogP contribution < -0.4 is 14.2 Å². The summed E-state index contributed by atoms with van der Waals surface area (Å²) in [6, 6.07) is 11.3. The van der Waals surface area contributed by atoms with Gasteiger partial charge in [0.1, 0.15) is 0 Å². The van der Waals surface area contributed by atoms with Crippen molar-refractivity contribution in [2.24, 2.45) is 5.10 Å².